The van der Waals surface area contributed by atoms with Gasteiger partial charge in [-0.25, -0.2) is 8.42 Å². The van der Waals surface area contributed by atoms with Gasteiger partial charge in [-0.1, -0.05) is 61.9 Å². The van der Waals surface area contributed by atoms with Gasteiger partial charge in [-0.05, 0) is 86.0 Å². The maximum atomic E-state index is 14.3. The van der Waals surface area contributed by atoms with Gasteiger partial charge in [0.2, 0.25) is 11.8 Å². The number of benzene rings is 4. The number of rotatable bonds is 15. The largest absolute Gasteiger partial charge is 0.497 e. The van der Waals surface area contributed by atoms with E-state index in [-0.39, 0.29) is 23.0 Å². The van der Waals surface area contributed by atoms with E-state index < -0.39 is 28.5 Å². The molecule has 1 N–H and O–H groups in total. The molecule has 4 aromatic rings. The van der Waals surface area contributed by atoms with Gasteiger partial charge in [-0.2, -0.15) is 0 Å². The summed E-state index contributed by atoms with van der Waals surface area (Å²) in [6, 6.07) is 28.6. The Bertz CT molecular complexity index is 1680. The van der Waals surface area contributed by atoms with Crippen molar-refractivity contribution >= 4 is 27.5 Å². The molecule has 4 rings (SSSR count). The summed E-state index contributed by atoms with van der Waals surface area (Å²) in [5.74, 6) is 0.991. The molecule has 0 saturated carbocycles. The number of ether oxygens (including phenoxy) is 2. The summed E-state index contributed by atoms with van der Waals surface area (Å²) in [6.45, 7) is 5.69. The predicted octanol–water partition coefficient (Wildman–Crippen LogP) is 6.32. The van der Waals surface area contributed by atoms with Crippen molar-refractivity contribution < 1.29 is 27.5 Å². The molecule has 4 aromatic carbocycles. The smallest absolute Gasteiger partial charge is 0.264 e. The van der Waals surface area contributed by atoms with Crippen LogP contribution in [0.2, 0.25) is 0 Å². The first-order valence-electron chi connectivity index (χ1n) is 15.3. The number of nitrogens with one attached hydrogen (secondary N) is 1. The molecule has 0 radical (unpaired) electrons. The molecule has 9 nitrogen and oxygen atoms in total. The molecule has 46 heavy (non-hydrogen) atoms. The second kappa shape index (κ2) is 15.9. The van der Waals surface area contributed by atoms with Crippen molar-refractivity contribution in [1.82, 2.24) is 10.2 Å². The van der Waals surface area contributed by atoms with Crippen molar-refractivity contribution in [3.63, 3.8) is 0 Å². The van der Waals surface area contributed by atoms with Crippen molar-refractivity contribution in [2.24, 2.45) is 0 Å². The minimum atomic E-state index is -4.19. The van der Waals surface area contributed by atoms with Gasteiger partial charge < -0.3 is 19.7 Å². The number of hydrogen-bond acceptors (Lipinski definition) is 6. The summed E-state index contributed by atoms with van der Waals surface area (Å²) < 4.78 is 40.6. The number of methoxy groups -OCH3 is 1. The number of hydrogen-bond donors (Lipinski definition) is 1. The fourth-order valence-electron chi connectivity index (χ4n) is 4.88. The minimum absolute atomic E-state index is 0.0462. The van der Waals surface area contributed by atoms with Crippen molar-refractivity contribution in [3.8, 4) is 17.2 Å². The van der Waals surface area contributed by atoms with E-state index in [0.29, 0.717) is 30.2 Å². The van der Waals surface area contributed by atoms with Crippen LogP contribution in [0.5, 0.6) is 17.2 Å². The summed E-state index contributed by atoms with van der Waals surface area (Å²) in [5.41, 5.74) is 1.95. The van der Waals surface area contributed by atoms with Gasteiger partial charge in [0.25, 0.3) is 10.0 Å². The summed E-state index contributed by atoms with van der Waals surface area (Å²) in [5, 5.41) is 2.90. The molecule has 0 spiro atoms. The monoisotopic (exact) mass is 643 g/mol. The Hall–Kier alpha value is -4.83. The fourth-order valence-corrected chi connectivity index (χ4v) is 6.30. The van der Waals surface area contributed by atoms with Crippen molar-refractivity contribution in [2.45, 2.75) is 51.1 Å². The van der Waals surface area contributed by atoms with E-state index in [1.165, 1.54) is 17.0 Å². The van der Waals surface area contributed by atoms with Crippen LogP contribution in [0.15, 0.2) is 108 Å². The van der Waals surface area contributed by atoms with E-state index in [9.17, 15) is 18.0 Å². The molecule has 0 aliphatic rings. The molecule has 10 heteroatoms. The van der Waals surface area contributed by atoms with E-state index in [1.807, 2.05) is 63.2 Å². The van der Waals surface area contributed by atoms with Gasteiger partial charge >= 0.3 is 0 Å². The van der Waals surface area contributed by atoms with Gasteiger partial charge in [0.05, 0.1) is 17.7 Å². The Labute approximate surface area is 271 Å². The molecule has 0 bridgehead atoms. The molecule has 0 unspecified atom stereocenters. The number of nitrogens with zero attached hydrogens (tertiary/aromatic N) is 2. The molecule has 0 saturated heterocycles. The van der Waals surface area contributed by atoms with Crippen molar-refractivity contribution in [2.75, 3.05) is 24.5 Å². The number of para-hydroxylation sites is 1. The van der Waals surface area contributed by atoms with Gasteiger partial charge in [0.1, 0.15) is 29.8 Å². The van der Waals surface area contributed by atoms with E-state index in [2.05, 4.69) is 5.32 Å². The van der Waals surface area contributed by atoms with Crippen LogP contribution in [0, 0.1) is 6.92 Å². The van der Waals surface area contributed by atoms with Gasteiger partial charge in [0.15, 0.2) is 0 Å². The zero-order valence-electron chi connectivity index (χ0n) is 26.7. The average molecular weight is 644 g/mol. The van der Waals surface area contributed by atoms with Gasteiger partial charge in [0, 0.05) is 13.1 Å². The highest BCUT2D eigenvalue weighted by atomic mass is 32.2. The van der Waals surface area contributed by atoms with Crippen LogP contribution in [-0.4, -0.2) is 51.4 Å². The molecule has 0 heterocycles. The summed E-state index contributed by atoms with van der Waals surface area (Å²) >= 11 is 0. The number of amides is 2. The number of aryl methyl sites for hydroxylation is 1. The van der Waals surface area contributed by atoms with Crippen LogP contribution >= 0.6 is 0 Å². The molecule has 0 aromatic heterocycles. The summed E-state index contributed by atoms with van der Waals surface area (Å²) in [4.78, 5) is 29.1. The average Bonchev–Trinajstić information content (AvgIpc) is 3.07. The van der Waals surface area contributed by atoms with E-state index >= 15 is 0 Å². The Balaban J connectivity index is 1.71. The molecule has 0 aliphatic heterocycles. The topological polar surface area (TPSA) is 105 Å². The Morgan fingerprint density at radius 3 is 2.00 bits per heavy atom. The third-order valence-corrected chi connectivity index (χ3v) is 9.23. The number of sulfonamides is 1. The van der Waals surface area contributed by atoms with E-state index in [0.717, 1.165) is 21.9 Å². The molecule has 242 valence electrons. The maximum Gasteiger partial charge on any atom is 0.264 e. The lowest BCUT2D eigenvalue weighted by Gasteiger charge is -2.33. The Morgan fingerprint density at radius 2 is 1.41 bits per heavy atom. The predicted molar refractivity (Wildman–Crippen MR) is 180 cm³/mol. The number of carbonyl (C=O) groups is 2. The van der Waals surface area contributed by atoms with Gasteiger partial charge in [-0.15, -0.1) is 0 Å². The van der Waals surface area contributed by atoms with Crippen LogP contribution in [-0.2, 0) is 26.2 Å². The first kappa shape index (κ1) is 34.1. The first-order valence-corrected chi connectivity index (χ1v) is 16.7. The fraction of sp³-hybridized carbons (Fsp3) is 0.278. The third kappa shape index (κ3) is 8.66. The molecule has 0 fully saturated rings. The van der Waals surface area contributed by atoms with Crippen molar-refractivity contribution in [1.29, 1.82) is 0 Å². The first-order chi connectivity index (χ1) is 22.2. The summed E-state index contributed by atoms with van der Waals surface area (Å²) in [7, 11) is -2.62. The van der Waals surface area contributed by atoms with Gasteiger partial charge in [-0.3, -0.25) is 13.9 Å². The highest BCUT2D eigenvalue weighted by molar-refractivity contribution is 7.92. The molecule has 2 amide bonds. The maximum absolute atomic E-state index is 14.3. The zero-order chi connectivity index (χ0) is 33.1. The highest BCUT2D eigenvalue weighted by Gasteiger charge is 2.33. The van der Waals surface area contributed by atoms with Crippen LogP contribution in [0.1, 0.15) is 37.8 Å². The highest BCUT2D eigenvalue weighted by Crippen LogP contribution is 2.29. The Kier molecular flexibility index (Phi) is 11.8. The second-order valence-electron chi connectivity index (χ2n) is 10.8. The lowest BCUT2D eigenvalue weighted by Crippen LogP contribution is -2.52. The number of carbonyl (C=O) groups excluding carboxylic acids is 2. The normalized spacial score (nSPS) is 11.7. The number of anilines is 1. The van der Waals surface area contributed by atoms with E-state index in [1.54, 1.807) is 55.6 Å². The van der Waals surface area contributed by atoms with E-state index in [4.69, 9.17) is 9.47 Å². The molecular formula is C36H41N3O6S. The molecule has 1 atom stereocenters. The lowest BCUT2D eigenvalue weighted by atomic mass is 10.1. The standard InChI is InChI=1S/C36H41N3O6S/c1-5-24-37-36(41)34(6-2)38(25-28-14-18-30(44-4)19-15-28)35(40)26-39(46(42,43)33-22-12-27(3)13-23-33)29-16-20-32(21-17-29)45-31-10-8-7-9-11-31/h7-23,34H,5-6,24-26H2,1-4H3,(H,37,41)/t34-/m0/s1. The lowest BCUT2D eigenvalue weighted by molar-refractivity contribution is -0.140. The van der Waals surface area contributed by atoms with Crippen LogP contribution in [0.25, 0.3) is 0 Å². The van der Waals surface area contributed by atoms with Crippen LogP contribution in [0.4, 0.5) is 5.69 Å². The minimum Gasteiger partial charge on any atom is -0.497 e. The zero-order valence-corrected chi connectivity index (χ0v) is 27.5. The molecular weight excluding hydrogens is 602 g/mol. The van der Waals surface area contributed by atoms with Crippen LogP contribution in [0.3, 0.4) is 0 Å². The summed E-state index contributed by atoms with van der Waals surface area (Å²) in [6.07, 6.45) is 1.08. The molecule has 0 aliphatic carbocycles. The quantitative estimate of drug-likeness (QED) is 0.163. The van der Waals surface area contributed by atoms with Crippen molar-refractivity contribution in [3.05, 3.63) is 114 Å². The Morgan fingerprint density at radius 1 is 0.804 bits per heavy atom. The third-order valence-electron chi connectivity index (χ3n) is 7.44. The SMILES string of the molecule is CCCNC(=O)[C@H](CC)N(Cc1ccc(OC)cc1)C(=O)CN(c1ccc(Oc2ccccc2)cc1)S(=O)(=O)c1ccc(C)cc1. The van der Waals surface area contributed by atoms with Crippen LogP contribution < -0.4 is 19.1 Å². The second-order valence-corrected chi connectivity index (χ2v) is 12.7.